The average Bonchev–Trinajstić information content (AvgIpc) is 2.76. The standard InChI is InChI=1S/C10H22N2O3S/c1-3-16(13,14)12(2)7-4-6-11-10-5-8-15-9-10/h10-11H,3-9H2,1-2H3. The lowest BCUT2D eigenvalue weighted by Gasteiger charge is -2.16. The van der Waals surface area contributed by atoms with Crippen molar-refractivity contribution >= 4 is 10.0 Å². The van der Waals surface area contributed by atoms with Crippen LogP contribution in [0, 0.1) is 0 Å². The highest BCUT2D eigenvalue weighted by molar-refractivity contribution is 7.89. The van der Waals surface area contributed by atoms with Crippen LogP contribution < -0.4 is 5.32 Å². The van der Waals surface area contributed by atoms with Crippen molar-refractivity contribution in [3.05, 3.63) is 0 Å². The summed E-state index contributed by atoms with van der Waals surface area (Å²) in [5, 5.41) is 3.36. The molecule has 0 aliphatic carbocycles. The largest absolute Gasteiger partial charge is 0.380 e. The number of rotatable bonds is 7. The summed E-state index contributed by atoms with van der Waals surface area (Å²) in [4.78, 5) is 0. The van der Waals surface area contributed by atoms with Crippen molar-refractivity contribution in [1.82, 2.24) is 9.62 Å². The molecule has 0 bridgehead atoms. The average molecular weight is 250 g/mol. The quantitative estimate of drug-likeness (QED) is 0.648. The summed E-state index contributed by atoms with van der Waals surface area (Å²) in [5.74, 6) is 0.174. The van der Waals surface area contributed by atoms with E-state index in [2.05, 4.69) is 5.32 Å². The number of hydrogen-bond acceptors (Lipinski definition) is 4. The van der Waals surface area contributed by atoms with E-state index in [1.807, 2.05) is 0 Å². The normalized spacial score (nSPS) is 21.8. The van der Waals surface area contributed by atoms with E-state index < -0.39 is 10.0 Å². The molecule has 1 fully saturated rings. The molecular formula is C10H22N2O3S. The topological polar surface area (TPSA) is 58.6 Å². The van der Waals surface area contributed by atoms with Crippen LogP contribution in [0.5, 0.6) is 0 Å². The fourth-order valence-corrected chi connectivity index (χ4v) is 2.51. The van der Waals surface area contributed by atoms with Gasteiger partial charge >= 0.3 is 0 Å². The maximum absolute atomic E-state index is 11.4. The van der Waals surface area contributed by atoms with Crippen molar-refractivity contribution < 1.29 is 13.2 Å². The third-order valence-electron chi connectivity index (χ3n) is 2.85. The molecule has 96 valence electrons. The molecule has 1 rings (SSSR count). The van der Waals surface area contributed by atoms with Crippen LogP contribution in [0.15, 0.2) is 0 Å². The first-order valence-electron chi connectivity index (χ1n) is 5.81. The van der Waals surface area contributed by atoms with Gasteiger partial charge in [0.2, 0.25) is 10.0 Å². The molecule has 1 atom stereocenters. The van der Waals surface area contributed by atoms with Gasteiger partial charge in [0.25, 0.3) is 0 Å². The second kappa shape index (κ2) is 6.54. The van der Waals surface area contributed by atoms with Gasteiger partial charge in [0.15, 0.2) is 0 Å². The van der Waals surface area contributed by atoms with Crippen molar-refractivity contribution in [3.8, 4) is 0 Å². The van der Waals surface area contributed by atoms with E-state index in [0.29, 0.717) is 12.6 Å². The van der Waals surface area contributed by atoms with Gasteiger partial charge < -0.3 is 10.1 Å². The summed E-state index contributed by atoms with van der Waals surface area (Å²) in [6.45, 7) is 4.71. The fourth-order valence-electron chi connectivity index (χ4n) is 1.66. The molecule has 0 aromatic carbocycles. The number of nitrogens with one attached hydrogen (secondary N) is 1. The Morgan fingerprint density at radius 3 is 2.81 bits per heavy atom. The number of ether oxygens (including phenoxy) is 1. The Labute approximate surface area is 98.2 Å². The number of nitrogens with zero attached hydrogens (tertiary/aromatic N) is 1. The molecule has 1 heterocycles. The van der Waals surface area contributed by atoms with Crippen molar-refractivity contribution in [3.63, 3.8) is 0 Å². The highest BCUT2D eigenvalue weighted by Gasteiger charge is 2.16. The van der Waals surface area contributed by atoms with Crippen LogP contribution in [0.25, 0.3) is 0 Å². The highest BCUT2D eigenvalue weighted by atomic mass is 32.2. The van der Waals surface area contributed by atoms with E-state index in [9.17, 15) is 8.42 Å². The predicted molar refractivity (Wildman–Crippen MR) is 63.9 cm³/mol. The third kappa shape index (κ3) is 4.37. The summed E-state index contributed by atoms with van der Waals surface area (Å²) in [5.41, 5.74) is 0. The van der Waals surface area contributed by atoms with Crippen LogP contribution in [0.2, 0.25) is 0 Å². The number of sulfonamides is 1. The Bertz CT molecular complexity index is 286. The molecule has 5 nitrogen and oxygen atoms in total. The minimum Gasteiger partial charge on any atom is -0.380 e. The zero-order valence-electron chi connectivity index (χ0n) is 10.1. The van der Waals surface area contributed by atoms with Crippen LogP contribution in [-0.4, -0.2) is 57.9 Å². The van der Waals surface area contributed by atoms with Gasteiger partial charge in [0, 0.05) is 26.2 Å². The van der Waals surface area contributed by atoms with E-state index in [1.54, 1.807) is 14.0 Å². The minimum atomic E-state index is -3.02. The number of hydrogen-bond donors (Lipinski definition) is 1. The third-order valence-corrected chi connectivity index (χ3v) is 4.71. The summed E-state index contributed by atoms with van der Waals surface area (Å²) in [6.07, 6.45) is 1.90. The molecule has 0 radical (unpaired) electrons. The first-order chi connectivity index (χ1) is 7.56. The highest BCUT2D eigenvalue weighted by Crippen LogP contribution is 2.03. The fraction of sp³-hybridized carbons (Fsp3) is 1.00. The van der Waals surface area contributed by atoms with Crippen LogP contribution in [0.3, 0.4) is 0 Å². The summed E-state index contributed by atoms with van der Waals surface area (Å²) in [7, 11) is -1.38. The summed E-state index contributed by atoms with van der Waals surface area (Å²) < 4.78 is 29.5. The molecule has 0 amide bonds. The van der Waals surface area contributed by atoms with Crippen LogP contribution in [-0.2, 0) is 14.8 Å². The van der Waals surface area contributed by atoms with Crippen LogP contribution in [0.4, 0.5) is 0 Å². The maximum atomic E-state index is 11.4. The van der Waals surface area contributed by atoms with Gasteiger partial charge in [-0.2, -0.15) is 0 Å². The van der Waals surface area contributed by atoms with Crippen molar-refractivity contribution in [2.45, 2.75) is 25.8 Å². The Kier molecular flexibility index (Phi) is 5.68. The first-order valence-corrected chi connectivity index (χ1v) is 7.42. The smallest absolute Gasteiger partial charge is 0.213 e. The zero-order chi connectivity index (χ0) is 12.0. The van der Waals surface area contributed by atoms with Crippen molar-refractivity contribution in [2.75, 3.05) is 39.1 Å². The molecular weight excluding hydrogens is 228 g/mol. The van der Waals surface area contributed by atoms with Crippen LogP contribution in [0.1, 0.15) is 19.8 Å². The van der Waals surface area contributed by atoms with E-state index in [4.69, 9.17) is 4.74 Å². The SMILES string of the molecule is CCS(=O)(=O)N(C)CCCNC1CCOC1. The van der Waals surface area contributed by atoms with Crippen molar-refractivity contribution in [2.24, 2.45) is 0 Å². The Balaban J connectivity index is 2.10. The summed E-state index contributed by atoms with van der Waals surface area (Å²) in [6, 6.07) is 0.452. The van der Waals surface area contributed by atoms with Gasteiger partial charge in [0.1, 0.15) is 0 Å². The molecule has 0 aromatic rings. The van der Waals surface area contributed by atoms with Gasteiger partial charge in [-0.1, -0.05) is 0 Å². The van der Waals surface area contributed by atoms with Gasteiger partial charge in [-0.05, 0) is 26.3 Å². The lowest BCUT2D eigenvalue weighted by molar-refractivity contribution is 0.190. The van der Waals surface area contributed by atoms with E-state index in [0.717, 1.165) is 32.6 Å². The molecule has 0 aromatic heterocycles. The molecule has 1 saturated heterocycles. The molecule has 0 spiro atoms. The molecule has 16 heavy (non-hydrogen) atoms. The Morgan fingerprint density at radius 2 is 2.25 bits per heavy atom. The van der Waals surface area contributed by atoms with Crippen LogP contribution >= 0.6 is 0 Å². The second-order valence-corrected chi connectivity index (χ2v) is 6.45. The first kappa shape index (κ1) is 13.9. The Hall–Kier alpha value is -0.170. The molecule has 6 heteroatoms. The molecule has 1 aliphatic rings. The predicted octanol–water partition coefficient (Wildman–Crippen LogP) is 0.0365. The lowest BCUT2D eigenvalue weighted by Crippen LogP contribution is -2.34. The van der Waals surface area contributed by atoms with Crippen molar-refractivity contribution in [1.29, 1.82) is 0 Å². The minimum absolute atomic E-state index is 0.174. The van der Waals surface area contributed by atoms with Gasteiger partial charge in [-0.3, -0.25) is 0 Å². The summed E-state index contributed by atoms with van der Waals surface area (Å²) >= 11 is 0. The monoisotopic (exact) mass is 250 g/mol. The van der Waals surface area contributed by atoms with Gasteiger partial charge in [-0.25, -0.2) is 12.7 Å². The maximum Gasteiger partial charge on any atom is 0.213 e. The zero-order valence-corrected chi connectivity index (χ0v) is 10.9. The second-order valence-electron chi connectivity index (χ2n) is 4.09. The van der Waals surface area contributed by atoms with E-state index >= 15 is 0 Å². The molecule has 0 saturated carbocycles. The van der Waals surface area contributed by atoms with E-state index in [-0.39, 0.29) is 5.75 Å². The molecule has 1 N–H and O–H groups in total. The Morgan fingerprint density at radius 1 is 1.50 bits per heavy atom. The van der Waals surface area contributed by atoms with E-state index in [1.165, 1.54) is 4.31 Å². The lowest BCUT2D eigenvalue weighted by atomic mass is 10.2. The van der Waals surface area contributed by atoms with Gasteiger partial charge in [-0.15, -0.1) is 0 Å². The molecule has 1 unspecified atom stereocenters. The molecule has 1 aliphatic heterocycles. The van der Waals surface area contributed by atoms with Gasteiger partial charge in [0.05, 0.1) is 12.4 Å².